The summed E-state index contributed by atoms with van der Waals surface area (Å²) < 4.78 is 0. The van der Waals surface area contributed by atoms with Crippen LogP contribution in [-0.4, -0.2) is 36.1 Å². The predicted molar refractivity (Wildman–Crippen MR) is 90.4 cm³/mol. The highest BCUT2D eigenvalue weighted by molar-refractivity contribution is 6.29. The topological polar surface area (TPSA) is 28.2 Å². The van der Waals surface area contributed by atoms with Crippen molar-refractivity contribution in [1.29, 1.82) is 0 Å². The number of piperazine rings is 1. The fourth-order valence-corrected chi connectivity index (χ4v) is 2.48. The molecule has 2 rings (SSSR count). The lowest BCUT2D eigenvalue weighted by molar-refractivity contribution is 0.172. The zero-order chi connectivity index (χ0) is 13.0. The van der Waals surface area contributed by atoms with Gasteiger partial charge in [0.25, 0.3) is 0 Å². The maximum atomic E-state index is 5.86. The molecule has 0 radical (unpaired) electrons. The largest absolute Gasteiger partial charge is 0.314 e. The molecule has 1 aliphatic heterocycles. The van der Waals surface area contributed by atoms with E-state index in [1.54, 1.807) is 0 Å². The Morgan fingerprint density at radius 1 is 1.40 bits per heavy atom. The molecule has 1 saturated heterocycles. The van der Waals surface area contributed by atoms with E-state index in [1.807, 2.05) is 12.3 Å². The molecule has 0 spiro atoms. The van der Waals surface area contributed by atoms with Gasteiger partial charge in [0.15, 0.2) is 0 Å². The Morgan fingerprint density at radius 3 is 2.55 bits per heavy atom. The Bertz CT molecular complexity index is 403. The third kappa shape index (κ3) is 5.58. The van der Waals surface area contributed by atoms with E-state index < -0.39 is 0 Å². The minimum Gasteiger partial charge on any atom is -0.314 e. The monoisotopic (exact) mass is 337 g/mol. The fraction of sp³-hybridized carbons (Fsp3) is 0.500. The lowest BCUT2D eigenvalue weighted by Crippen LogP contribution is -2.45. The highest BCUT2D eigenvalue weighted by Crippen LogP contribution is 2.27. The summed E-state index contributed by atoms with van der Waals surface area (Å²) in [5, 5.41) is 3.93. The molecule has 0 aliphatic carbocycles. The van der Waals surface area contributed by atoms with Crippen LogP contribution in [0.15, 0.2) is 30.5 Å². The molecule has 1 atom stereocenters. The maximum Gasteiger partial charge on any atom is 0.129 e. The molecule has 1 aliphatic rings. The van der Waals surface area contributed by atoms with E-state index in [2.05, 4.69) is 34.8 Å². The second-order valence-corrected chi connectivity index (χ2v) is 5.26. The highest BCUT2D eigenvalue weighted by Gasteiger charge is 2.22. The van der Waals surface area contributed by atoms with E-state index in [0.717, 1.165) is 32.6 Å². The molecule has 114 valence electrons. The third-order valence-electron chi connectivity index (χ3n) is 3.27. The normalized spacial score (nSPS) is 16.7. The number of rotatable bonds is 4. The van der Waals surface area contributed by atoms with Crippen LogP contribution in [-0.2, 0) is 0 Å². The van der Waals surface area contributed by atoms with Crippen LogP contribution >= 0.6 is 36.4 Å². The van der Waals surface area contributed by atoms with Gasteiger partial charge in [0, 0.05) is 38.4 Å². The molecule has 1 aromatic rings. The first kappa shape index (κ1) is 19.7. The van der Waals surface area contributed by atoms with Crippen molar-refractivity contribution in [3.05, 3.63) is 41.2 Å². The number of hydrogen-bond donors (Lipinski definition) is 1. The quantitative estimate of drug-likeness (QED) is 0.673. The molecular weight excluding hydrogens is 317 g/mol. The van der Waals surface area contributed by atoms with Crippen LogP contribution in [0.1, 0.15) is 24.9 Å². The number of aromatic nitrogens is 1. The average Bonchev–Trinajstić information content (AvgIpc) is 2.38. The maximum absolute atomic E-state index is 5.86. The number of nitrogens with one attached hydrogen (secondary N) is 1. The first-order valence-corrected chi connectivity index (χ1v) is 6.75. The van der Waals surface area contributed by atoms with E-state index in [0.29, 0.717) is 11.2 Å². The summed E-state index contributed by atoms with van der Waals surface area (Å²) in [7, 11) is 0. The molecule has 0 bridgehead atoms. The molecule has 0 unspecified atom stereocenters. The molecule has 1 aromatic heterocycles. The number of hydrogen-bond acceptors (Lipinski definition) is 3. The SMILES string of the molecule is C=C(C)C[C@@H](c1ccc(Cl)nc1)N1CCNCC1.Cl.Cl. The first-order chi connectivity index (χ1) is 8.66. The van der Waals surface area contributed by atoms with Crippen molar-refractivity contribution < 1.29 is 0 Å². The number of halogens is 3. The van der Waals surface area contributed by atoms with Crippen LogP contribution in [0.5, 0.6) is 0 Å². The highest BCUT2D eigenvalue weighted by atomic mass is 35.5. The van der Waals surface area contributed by atoms with Gasteiger partial charge in [-0.25, -0.2) is 4.98 Å². The molecule has 0 saturated carbocycles. The molecule has 1 fully saturated rings. The van der Waals surface area contributed by atoms with Gasteiger partial charge in [-0.05, 0) is 25.0 Å². The van der Waals surface area contributed by atoms with E-state index in [9.17, 15) is 0 Å². The van der Waals surface area contributed by atoms with Gasteiger partial charge in [-0.1, -0.05) is 23.2 Å². The predicted octanol–water partition coefficient (Wildman–Crippen LogP) is 3.49. The minimum absolute atomic E-state index is 0. The summed E-state index contributed by atoms with van der Waals surface area (Å²) in [6.45, 7) is 10.4. The van der Waals surface area contributed by atoms with Crippen LogP contribution in [0.25, 0.3) is 0 Å². The van der Waals surface area contributed by atoms with E-state index in [1.165, 1.54) is 11.1 Å². The molecule has 3 nitrogen and oxygen atoms in total. The van der Waals surface area contributed by atoms with Crippen LogP contribution in [0.3, 0.4) is 0 Å². The summed E-state index contributed by atoms with van der Waals surface area (Å²) >= 11 is 5.86. The van der Waals surface area contributed by atoms with Crippen molar-refractivity contribution in [3.63, 3.8) is 0 Å². The van der Waals surface area contributed by atoms with Crippen LogP contribution in [0, 0.1) is 0 Å². The van der Waals surface area contributed by atoms with Gasteiger partial charge in [-0.3, -0.25) is 4.90 Å². The van der Waals surface area contributed by atoms with Gasteiger partial charge in [-0.15, -0.1) is 31.4 Å². The molecule has 0 aromatic carbocycles. The zero-order valence-electron chi connectivity index (χ0n) is 11.6. The first-order valence-electron chi connectivity index (χ1n) is 6.37. The minimum atomic E-state index is 0. The van der Waals surface area contributed by atoms with E-state index >= 15 is 0 Å². The van der Waals surface area contributed by atoms with E-state index in [-0.39, 0.29) is 24.8 Å². The van der Waals surface area contributed by atoms with Gasteiger partial charge < -0.3 is 5.32 Å². The van der Waals surface area contributed by atoms with Crippen molar-refractivity contribution >= 4 is 36.4 Å². The molecule has 6 heteroatoms. The van der Waals surface area contributed by atoms with Crippen molar-refractivity contribution in [2.75, 3.05) is 26.2 Å². The average molecular weight is 339 g/mol. The standard InChI is InChI=1S/C14H20ClN3.2ClH/c1-11(2)9-13(18-7-5-16-6-8-18)12-3-4-14(15)17-10-12;;/h3-4,10,13,16H,1,5-9H2,2H3;2*1H/t13-;;/m0../s1. The second kappa shape index (κ2) is 9.59. The van der Waals surface area contributed by atoms with Crippen molar-refractivity contribution in [3.8, 4) is 0 Å². The van der Waals surface area contributed by atoms with Gasteiger partial charge in [0.1, 0.15) is 5.15 Å². The van der Waals surface area contributed by atoms with Gasteiger partial charge in [0.05, 0.1) is 0 Å². The smallest absolute Gasteiger partial charge is 0.129 e. The fourth-order valence-electron chi connectivity index (χ4n) is 2.37. The molecule has 2 heterocycles. The van der Waals surface area contributed by atoms with Gasteiger partial charge >= 0.3 is 0 Å². The summed E-state index contributed by atoms with van der Waals surface area (Å²) in [4.78, 5) is 6.69. The number of pyridine rings is 1. The summed E-state index contributed by atoms with van der Waals surface area (Å²) in [5.74, 6) is 0. The van der Waals surface area contributed by atoms with Crippen molar-refractivity contribution in [1.82, 2.24) is 15.2 Å². The van der Waals surface area contributed by atoms with E-state index in [4.69, 9.17) is 11.6 Å². The van der Waals surface area contributed by atoms with Crippen molar-refractivity contribution in [2.24, 2.45) is 0 Å². The Kier molecular flexibility index (Phi) is 9.43. The molecular formula is C14H22Cl3N3. The second-order valence-electron chi connectivity index (χ2n) is 4.88. The lowest BCUT2D eigenvalue weighted by atomic mass is 9.99. The van der Waals surface area contributed by atoms with Crippen LogP contribution < -0.4 is 5.32 Å². The van der Waals surface area contributed by atoms with Gasteiger partial charge in [0.2, 0.25) is 0 Å². The summed E-state index contributed by atoms with van der Waals surface area (Å²) in [5.41, 5.74) is 2.43. The Hall–Kier alpha value is -0.320. The Labute approximate surface area is 138 Å². The summed E-state index contributed by atoms with van der Waals surface area (Å²) in [6, 6.07) is 4.31. The third-order valence-corrected chi connectivity index (χ3v) is 3.49. The lowest BCUT2D eigenvalue weighted by Gasteiger charge is -2.35. The summed E-state index contributed by atoms with van der Waals surface area (Å²) in [6.07, 6.45) is 2.86. The molecule has 0 amide bonds. The zero-order valence-corrected chi connectivity index (χ0v) is 14.0. The van der Waals surface area contributed by atoms with Crippen molar-refractivity contribution in [2.45, 2.75) is 19.4 Å². The Balaban J connectivity index is 0.00000180. The van der Waals surface area contributed by atoms with Crippen LogP contribution in [0.4, 0.5) is 0 Å². The van der Waals surface area contributed by atoms with Gasteiger partial charge in [-0.2, -0.15) is 0 Å². The Morgan fingerprint density at radius 2 is 2.05 bits per heavy atom. The number of nitrogens with zero attached hydrogens (tertiary/aromatic N) is 2. The molecule has 20 heavy (non-hydrogen) atoms. The van der Waals surface area contributed by atoms with Crippen LogP contribution in [0.2, 0.25) is 5.15 Å². The molecule has 1 N–H and O–H groups in total.